The third-order valence-corrected chi connectivity index (χ3v) is 4.01. The first-order valence-electron chi connectivity index (χ1n) is 8.04. The van der Waals surface area contributed by atoms with E-state index in [1.165, 1.54) is 12.1 Å². The number of amides is 2. The lowest BCUT2D eigenvalue weighted by molar-refractivity contribution is 0.237. The molecule has 1 saturated heterocycles. The molecule has 2 aromatic rings. The highest BCUT2D eigenvalue weighted by atomic mass is 19.1. The van der Waals surface area contributed by atoms with Crippen molar-refractivity contribution in [2.45, 2.75) is 19.0 Å². The molecule has 2 amide bonds. The van der Waals surface area contributed by atoms with Gasteiger partial charge in [-0.15, -0.1) is 0 Å². The van der Waals surface area contributed by atoms with E-state index in [1.54, 1.807) is 31.6 Å². The third-order valence-electron chi connectivity index (χ3n) is 4.01. The van der Waals surface area contributed by atoms with E-state index in [0.29, 0.717) is 23.8 Å². The van der Waals surface area contributed by atoms with Crippen molar-refractivity contribution >= 4 is 11.8 Å². The number of hydrogen-bond donors (Lipinski definition) is 2. The number of ether oxygens (including phenoxy) is 1. The highest BCUT2D eigenvalue weighted by Gasteiger charge is 2.27. The number of aromatic nitrogens is 2. The summed E-state index contributed by atoms with van der Waals surface area (Å²) in [6.45, 7) is 1.66. The summed E-state index contributed by atoms with van der Waals surface area (Å²) in [6.07, 6.45) is 3.99. The molecule has 1 aromatic heterocycles. The SMILES string of the molecule is COc1nccnc1N1CC[C@@H](NC(=O)NCc2cccc(F)c2)C1. The van der Waals surface area contributed by atoms with Crippen LogP contribution in [0.1, 0.15) is 12.0 Å². The Balaban J connectivity index is 1.50. The van der Waals surface area contributed by atoms with Crippen LogP contribution >= 0.6 is 0 Å². The molecule has 0 bridgehead atoms. The van der Waals surface area contributed by atoms with Crippen molar-refractivity contribution in [1.82, 2.24) is 20.6 Å². The standard InChI is InChI=1S/C17H20FN5O2/c1-25-16-15(19-6-7-20-16)23-8-5-14(11-23)22-17(24)21-10-12-3-2-4-13(18)9-12/h2-4,6-7,9,14H,5,8,10-11H2,1H3,(H2,21,22,24)/t14-/m1/s1. The molecule has 1 fully saturated rings. The van der Waals surface area contributed by atoms with Crippen molar-refractivity contribution in [2.24, 2.45) is 0 Å². The van der Waals surface area contributed by atoms with Gasteiger partial charge in [0.05, 0.1) is 7.11 Å². The van der Waals surface area contributed by atoms with Gasteiger partial charge in [0.2, 0.25) is 0 Å². The van der Waals surface area contributed by atoms with E-state index < -0.39 is 0 Å². The van der Waals surface area contributed by atoms with Gasteiger partial charge < -0.3 is 20.3 Å². The molecule has 8 heteroatoms. The van der Waals surface area contributed by atoms with Gasteiger partial charge in [0.1, 0.15) is 5.82 Å². The van der Waals surface area contributed by atoms with Crippen molar-refractivity contribution in [3.05, 3.63) is 48.0 Å². The van der Waals surface area contributed by atoms with Gasteiger partial charge in [0, 0.05) is 38.1 Å². The Morgan fingerprint density at radius 1 is 1.40 bits per heavy atom. The molecule has 1 aliphatic heterocycles. The molecule has 7 nitrogen and oxygen atoms in total. The van der Waals surface area contributed by atoms with Crippen LogP contribution < -0.4 is 20.3 Å². The lowest BCUT2D eigenvalue weighted by Gasteiger charge is -2.19. The van der Waals surface area contributed by atoms with Gasteiger partial charge in [-0.05, 0) is 24.1 Å². The van der Waals surface area contributed by atoms with Crippen molar-refractivity contribution in [3.8, 4) is 5.88 Å². The van der Waals surface area contributed by atoms with Crippen LogP contribution in [0.4, 0.5) is 15.0 Å². The Morgan fingerprint density at radius 3 is 3.04 bits per heavy atom. The number of nitrogens with zero attached hydrogens (tertiary/aromatic N) is 3. The number of rotatable bonds is 5. The molecular formula is C17H20FN5O2. The smallest absolute Gasteiger partial charge is 0.315 e. The molecule has 1 atom stereocenters. The lowest BCUT2D eigenvalue weighted by Crippen LogP contribution is -2.43. The lowest BCUT2D eigenvalue weighted by atomic mass is 10.2. The quantitative estimate of drug-likeness (QED) is 0.862. The second kappa shape index (κ2) is 7.78. The first kappa shape index (κ1) is 16.9. The zero-order valence-corrected chi connectivity index (χ0v) is 13.9. The Hall–Kier alpha value is -2.90. The molecule has 2 heterocycles. The minimum atomic E-state index is -0.316. The average molecular weight is 345 g/mol. The third kappa shape index (κ3) is 4.34. The normalized spacial score (nSPS) is 16.6. The van der Waals surface area contributed by atoms with Crippen LogP contribution in [0.15, 0.2) is 36.7 Å². The fourth-order valence-corrected chi connectivity index (χ4v) is 2.81. The molecule has 0 unspecified atom stereocenters. The van der Waals surface area contributed by atoms with Crippen LogP contribution in [-0.2, 0) is 6.54 Å². The van der Waals surface area contributed by atoms with Gasteiger partial charge in [-0.3, -0.25) is 0 Å². The van der Waals surface area contributed by atoms with E-state index in [-0.39, 0.29) is 24.4 Å². The van der Waals surface area contributed by atoms with Crippen LogP contribution in [0.5, 0.6) is 5.88 Å². The van der Waals surface area contributed by atoms with Gasteiger partial charge in [0.15, 0.2) is 5.82 Å². The Kier molecular flexibility index (Phi) is 5.27. The van der Waals surface area contributed by atoms with Crippen molar-refractivity contribution in [1.29, 1.82) is 0 Å². The van der Waals surface area contributed by atoms with E-state index in [2.05, 4.69) is 20.6 Å². The predicted molar refractivity (Wildman–Crippen MR) is 91.0 cm³/mol. The Labute approximate surface area is 145 Å². The summed E-state index contributed by atoms with van der Waals surface area (Å²) in [5.41, 5.74) is 0.715. The zero-order chi connectivity index (χ0) is 17.6. The van der Waals surface area contributed by atoms with Crippen LogP contribution in [-0.4, -0.2) is 42.2 Å². The number of urea groups is 1. The van der Waals surface area contributed by atoms with Gasteiger partial charge in [0.25, 0.3) is 5.88 Å². The van der Waals surface area contributed by atoms with Crippen LogP contribution in [0.2, 0.25) is 0 Å². The van der Waals surface area contributed by atoms with E-state index in [0.717, 1.165) is 13.0 Å². The largest absolute Gasteiger partial charge is 0.478 e. The summed E-state index contributed by atoms with van der Waals surface area (Å²) in [4.78, 5) is 22.5. The molecule has 2 N–H and O–H groups in total. The molecule has 0 spiro atoms. The van der Waals surface area contributed by atoms with E-state index in [9.17, 15) is 9.18 Å². The average Bonchev–Trinajstić information content (AvgIpc) is 3.08. The topological polar surface area (TPSA) is 79.4 Å². The summed E-state index contributed by atoms with van der Waals surface area (Å²) in [5.74, 6) is 0.831. The first-order valence-corrected chi connectivity index (χ1v) is 8.04. The van der Waals surface area contributed by atoms with E-state index in [4.69, 9.17) is 4.74 Å². The highest BCUT2D eigenvalue weighted by molar-refractivity contribution is 5.74. The molecule has 0 radical (unpaired) electrons. The molecule has 1 aliphatic rings. The summed E-state index contributed by atoms with van der Waals surface area (Å²) in [5, 5.41) is 5.67. The Morgan fingerprint density at radius 2 is 2.24 bits per heavy atom. The number of carbonyl (C=O) groups excluding carboxylic acids is 1. The number of nitrogens with one attached hydrogen (secondary N) is 2. The van der Waals surface area contributed by atoms with Crippen LogP contribution in [0, 0.1) is 5.82 Å². The zero-order valence-electron chi connectivity index (χ0n) is 13.9. The Bertz CT molecular complexity index is 742. The minimum Gasteiger partial charge on any atom is -0.478 e. The van der Waals surface area contributed by atoms with Gasteiger partial charge in [-0.2, -0.15) is 0 Å². The van der Waals surface area contributed by atoms with E-state index >= 15 is 0 Å². The van der Waals surface area contributed by atoms with Crippen molar-refractivity contribution in [2.75, 3.05) is 25.1 Å². The number of halogens is 1. The second-order valence-electron chi connectivity index (χ2n) is 5.78. The molecule has 132 valence electrons. The van der Waals surface area contributed by atoms with Crippen LogP contribution in [0.3, 0.4) is 0 Å². The number of methoxy groups -OCH3 is 1. The fraction of sp³-hybridized carbons (Fsp3) is 0.353. The van der Waals surface area contributed by atoms with Gasteiger partial charge >= 0.3 is 6.03 Å². The number of anilines is 1. The summed E-state index contributed by atoms with van der Waals surface area (Å²) in [6, 6.07) is 5.88. The maximum Gasteiger partial charge on any atom is 0.315 e. The molecule has 3 rings (SSSR count). The molecule has 25 heavy (non-hydrogen) atoms. The number of hydrogen-bond acceptors (Lipinski definition) is 5. The summed E-state index contributed by atoms with van der Waals surface area (Å²) < 4.78 is 18.4. The van der Waals surface area contributed by atoms with Gasteiger partial charge in [-0.1, -0.05) is 12.1 Å². The van der Waals surface area contributed by atoms with Crippen molar-refractivity contribution < 1.29 is 13.9 Å². The number of benzene rings is 1. The number of carbonyl (C=O) groups is 1. The molecule has 0 saturated carbocycles. The molecular weight excluding hydrogens is 325 g/mol. The minimum absolute atomic E-state index is 0.000721. The van der Waals surface area contributed by atoms with Gasteiger partial charge in [-0.25, -0.2) is 19.2 Å². The first-order chi connectivity index (χ1) is 12.2. The fourth-order valence-electron chi connectivity index (χ4n) is 2.81. The summed E-state index contributed by atoms with van der Waals surface area (Å²) in [7, 11) is 1.55. The maximum absolute atomic E-state index is 13.1. The molecule has 0 aliphatic carbocycles. The summed E-state index contributed by atoms with van der Waals surface area (Å²) >= 11 is 0. The maximum atomic E-state index is 13.1. The monoisotopic (exact) mass is 345 g/mol. The predicted octanol–water partition coefficient (Wildman–Crippen LogP) is 1.70. The second-order valence-corrected chi connectivity index (χ2v) is 5.78. The molecule has 1 aromatic carbocycles. The van der Waals surface area contributed by atoms with Crippen LogP contribution in [0.25, 0.3) is 0 Å². The van der Waals surface area contributed by atoms with E-state index in [1.807, 2.05) is 4.90 Å². The van der Waals surface area contributed by atoms with Crippen molar-refractivity contribution in [3.63, 3.8) is 0 Å². The highest BCUT2D eigenvalue weighted by Crippen LogP contribution is 2.25.